The molecule has 1 aromatic heterocycles. The molecule has 0 unspecified atom stereocenters. The molecule has 0 saturated heterocycles. The first kappa shape index (κ1) is 9.68. The summed E-state index contributed by atoms with van der Waals surface area (Å²) >= 11 is 1.24. The zero-order chi connectivity index (χ0) is 9.84. The molecule has 0 saturated carbocycles. The lowest BCUT2D eigenvalue weighted by atomic mass is 10.2. The Labute approximate surface area is 80.4 Å². The highest BCUT2D eigenvalue weighted by molar-refractivity contribution is 7.03. The number of carbonyl (C=O) groups excluding carboxylic acids is 1. The van der Waals surface area contributed by atoms with E-state index in [-0.39, 0.29) is 5.91 Å². The fourth-order valence-electron chi connectivity index (χ4n) is 0.817. The van der Waals surface area contributed by atoms with Crippen LogP contribution in [0.1, 0.15) is 23.0 Å². The fourth-order valence-corrected chi connectivity index (χ4v) is 1.51. The average Bonchev–Trinajstić information content (AvgIpc) is 2.51. The van der Waals surface area contributed by atoms with E-state index in [2.05, 4.69) is 9.69 Å². The van der Waals surface area contributed by atoms with Crippen molar-refractivity contribution < 1.29 is 4.79 Å². The Morgan fingerprint density at radius 3 is 3.00 bits per heavy atom. The summed E-state index contributed by atoms with van der Waals surface area (Å²) in [5.74, 6) is -0.236. The second-order valence-electron chi connectivity index (χ2n) is 2.64. The van der Waals surface area contributed by atoms with E-state index in [9.17, 15) is 4.79 Å². The highest BCUT2D eigenvalue weighted by Crippen LogP contribution is 2.08. The topological polar surface area (TPSA) is 65.8 Å². The molecule has 0 fully saturated rings. The summed E-state index contributed by atoms with van der Waals surface area (Å²) < 4.78 is 3.97. The SMILES string of the molecule is Cc1nscc1C(=O)N[C@H](C)C#N. The maximum Gasteiger partial charge on any atom is 0.255 e. The summed E-state index contributed by atoms with van der Waals surface area (Å²) in [7, 11) is 0. The predicted octanol–water partition coefficient (Wildman–Crippen LogP) is 1.09. The summed E-state index contributed by atoms with van der Waals surface area (Å²) in [6.07, 6.45) is 0. The first-order valence-electron chi connectivity index (χ1n) is 3.76. The average molecular weight is 195 g/mol. The minimum absolute atomic E-state index is 0.236. The van der Waals surface area contributed by atoms with Crippen LogP contribution in [0.15, 0.2) is 5.38 Å². The number of carbonyl (C=O) groups is 1. The van der Waals surface area contributed by atoms with Crippen molar-refractivity contribution in [2.45, 2.75) is 19.9 Å². The van der Waals surface area contributed by atoms with Gasteiger partial charge in [-0.05, 0) is 25.4 Å². The third-order valence-corrected chi connectivity index (χ3v) is 2.26. The van der Waals surface area contributed by atoms with Gasteiger partial charge in [0.15, 0.2) is 0 Å². The van der Waals surface area contributed by atoms with Crippen molar-refractivity contribution in [3.8, 4) is 6.07 Å². The molecule has 13 heavy (non-hydrogen) atoms. The van der Waals surface area contributed by atoms with E-state index in [0.717, 1.165) is 0 Å². The first-order valence-corrected chi connectivity index (χ1v) is 4.60. The second-order valence-corrected chi connectivity index (χ2v) is 3.27. The first-order chi connectivity index (χ1) is 6.15. The third kappa shape index (κ3) is 2.26. The highest BCUT2D eigenvalue weighted by atomic mass is 32.1. The Hall–Kier alpha value is -1.41. The van der Waals surface area contributed by atoms with Gasteiger partial charge >= 0.3 is 0 Å². The maximum absolute atomic E-state index is 11.4. The molecule has 0 aliphatic carbocycles. The molecule has 0 spiro atoms. The fraction of sp³-hybridized carbons (Fsp3) is 0.375. The van der Waals surface area contributed by atoms with Gasteiger partial charge in [0.25, 0.3) is 5.91 Å². The molecule has 1 rings (SSSR count). The van der Waals surface area contributed by atoms with Crippen LogP contribution in [0.4, 0.5) is 0 Å². The molecule has 0 aliphatic heterocycles. The van der Waals surface area contributed by atoms with Crippen LogP contribution in [0, 0.1) is 18.3 Å². The van der Waals surface area contributed by atoms with Gasteiger partial charge in [0, 0.05) is 5.38 Å². The van der Waals surface area contributed by atoms with E-state index in [4.69, 9.17) is 5.26 Å². The molecule has 1 heterocycles. The standard InChI is InChI=1S/C8H9N3OS/c1-5(3-9)10-8(12)7-4-13-11-6(7)2/h4-5H,1-2H3,(H,10,12)/t5-/m1/s1. The number of nitrogens with one attached hydrogen (secondary N) is 1. The zero-order valence-electron chi connectivity index (χ0n) is 7.37. The van der Waals surface area contributed by atoms with E-state index in [1.165, 1.54) is 11.5 Å². The van der Waals surface area contributed by atoms with Crippen LogP contribution < -0.4 is 5.32 Å². The van der Waals surface area contributed by atoms with Gasteiger partial charge in [-0.2, -0.15) is 9.64 Å². The molecule has 1 N–H and O–H groups in total. The van der Waals surface area contributed by atoms with Crippen molar-refractivity contribution in [1.82, 2.24) is 9.69 Å². The van der Waals surface area contributed by atoms with Gasteiger partial charge in [0.2, 0.25) is 0 Å². The number of hydrogen-bond donors (Lipinski definition) is 1. The van der Waals surface area contributed by atoms with E-state index < -0.39 is 6.04 Å². The summed E-state index contributed by atoms with van der Waals surface area (Å²) in [6.45, 7) is 3.40. The van der Waals surface area contributed by atoms with E-state index in [0.29, 0.717) is 11.3 Å². The zero-order valence-corrected chi connectivity index (χ0v) is 8.18. The lowest BCUT2D eigenvalue weighted by molar-refractivity contribution is 0.0947. The number of rotatable bonds is 2. The largest absolute Gasteiger partial charge is 0.336 e. The van der Waals surface area contributed by atoms with Crippen molar-refractivity contribution in [3.63, 3.8) is 0 Å². The third-order valence-electron chi connectivity index (χ3n) is 1.54. The van der Waals surface area contributed by atoms with Crippen LogP contribution in [0.3, 0.4) is 0 Å². The molecule has 1 amide bonds. The summed E-state index contributed by atoms with van der Waals surface area (Å²) in [4.78, 5) is 11.4. The molecule has 0 bridgehead atoms. The number of amides is 1. The molecule has 1 atom stereocenters. The molecule has 0 aliphatic rings. The molecule has 0 radical (unpaired) electrons. The lowest BCUT2D eigenvalue weighted by Crippen LogP contribution is -2.31. The second kappa shape index (κ2) is 4.01. The number of aryl methyl sites for hydroxylation is 1. The normalized spacial score (nSPS) is 11.8. The van der Waals surface area contributed by atoms with E-state index in [1.807, 2.05) is 6.07 Å². The van der Waals surface area contributed by atoms with Crippen molar-refractivity contribution >= 4 is 17.4 Å². The van der Waals surface area contributed by atoms with E-state index >= 15 is 0 Å². The Kier molecular flexibility index (Phi) is 2.98. The van der Waals surface area contributed by atoms with Crippen molar-refractivity contribution in [2.75, 3.05) is 0 Å². The highest BCUT2D eigenvalue weighted by Gasteiger charge is 2.12. The monoisotopic (exact) mass is 195 g/mol. The van der Waals surface area contributed by atoms with Crippen LogP contribution in [-0.2, 0) is 0 Å². The van der Waals surface area contributed by atoms with Crippen LogP contribution in [0.5, 0.6) is 0 Å². The Bertz CT molecular complexity index is 353. The molecule has 4 nitrogen and oxygen atoms in total. The van der Waals surface area contributed by atoms with Crippen LogP contribution in [-0.4, -0.2) is 16.3 Å². The summed E-state index contributed by atoms with van der Waals surface area (Å²) in [5, 5.41) is 12.7. The smallest absolute Gasteiger partial charge is 0.255 e. The lowest BCUT2D eigenvalue weighted by Gasteiger charge is -2.04. The van der Waals surface area contributed by atoms with Gasteiger partial charge in [-0.1, -0.05) is 0 Å². The van der Waals surface area contributed by atoms with Crippen molar-refractivity contribution in [2.24, 2.45) is 0 Å². The molecular formula is C8H9N3OS. The molecule has 1 aromatic rings. The van der Waals surface area contributed by atoms with Crippen LogP contribution in [0.25, 0.3) is 0 Å². The quantitative estimate of drug-likeness (QED) is 0.768. The van der Waals surface area contributed by atoms with Gasteiger partial charge in [0.1, 0.15) is 6.04 Å². The van der Waals surface area contributed by atoms with Gasteiger partial charge in [0.05, 0.1) is 17.3 Å². The number of hydrogen-bond acceptors (Lipinski definition) is 4. The number of nitriles is 1. The summed E-state index contributed by atoms with van der Waals surface area (Å²) in [5.41, 5.74) is 1.25. The Morgan fingerprint density at radius 1 is 1.85 bits per heavy atom. The number of aromatic nitrogens is 1. The molecule has 68 valence electrons. The summed E-state index contributed by atoms with van der Waals surface area (Å²) in [6, 6.07) is 1.46. The minimum atomic E-state index is -0.466. The minimum Gasteiger partial charge on any atom is -0.336 e. The van der Waals surface area contributed by atoms with Gasteiger partial charge in [-0.3, -0.25) is 4.79 Å². The van der Waals surface area contributed by atoms with Crippen molar-refractivity contribution in [1.29, 1.82) is 5.26 Å². The van der Waals surface area contributed by atoms with Gasteiger partial charge < -0.3 is 5.32 Å². The maximum atomic E-state index is 11.4. The van der Waals surface area contributed by atoms with Crippen LogP contribution >= 0.6 is 11.5 Å². The van der Waals surface area contributed by atoms with Gasteiger partial charge in [-0.25, -0.2) is 0 Å². The molecule has 0 aromatic carbocycles. The van der Waals surface area contributed by atoms with Crippen molar-refractivity contribution in [3.05, 3.63) is 16.6 Å². The predicted molar refractivity (Wildman–Crippen MR) is 49.4 cm³/mol. The Balaban J connectivity index is 2.71. The molecule has 5 heteroatoms. The van der Waals surface area contributed by atoms with E-state index in [1.54, 1.807) is 19.2 Å². The number of nitrogens with zero attached hydrogens (tertiary/aromatic N) is 2. The molecular weight excluding hydrogens is 186 g/mol. The Morgan fingerprint density at radius 2 is 2.54 bits per heavy atom. The van der Waals surface area contributed by atoms with Crippen LogP contribution in [0.2, 0.25) is 0 Å². The van der Waals surface area contributed by atoms with Gasteiger partial charge in [-0.15, -0.1) is 0 Å².